The minimum absolute atomic E-state index is 0. The molecule has 3 aromatic rings. The number of sulfonamides is 1. The average molecular weight is 506 g/mol. The van der Waals surface area contributed by atoms with Gasteiger partial charge in [0.25, 0.3) is 0 Å². The van der Waals surface area contributed by atoms with Gasteiger partial charge in [-0.15, -0.1) is 6.42 Å². The fourth-order valence-corrected chi connectivity index (χ4v) is 3.99. The van der Waals surface area contributed by atoms with Gasteiger partial charge in [0, 0.05) is 11.4 Å². The van der Waals surface area contributed by atoms with Gasteiger partial charge < -0.3 is 24.9 Å². The number of ether oxygens (including phenoxy) is 1. The molecule has 1 amide bonds. The minimum atomic E-state index is -4.18. The van der Waals surface area contributed by atoms with Crippen LogP contribution in [0.15, 0.2) is 53.6 Å². The maximum Gasteiger partial charge on any atom is 1.00 e. The van der Waals surface area contributed by atoms with Crippen LogP contribution in [0.3, 0.4) is 0 Å². The number of amides is 1. The van der Waals surface area contributed by atoms with E-state index in [0.717, 1.165) is 6.20 Å². The number of anilines is 4. The number of rotatable bonds is 9. The second kappa shape index (κ2) is 12.5. The van der Waals surface area contributed by atoms with Crippen LogP contribution in [-0.4, -0.2) is 30.9 Å². The van der Waals surface area contributed by atoms with Gasteiger partial charge >= 0.3 is 29.6 Å². The summed E-state index contributed by atoms with van der Waals surface area (Å²) in [6, 6.07) is 11.1. The third-order valence-electron chi connectivity index (χ3n) is 4.43. The molecular weight excluding hydrogens is 484 g/mol. The number of terminal acetylenes is 1. The van der Waals surface area contributed by atoms with Crippen LogP contribution in [0.1, 0.15) is 18.9 Å². The Kier molecular flexibility index (Phi) is 10.0. The Morgan fingerprint density at radius 1 is 1.17 bits per heavy atom. The number of nitrogens with zero attached hydrogens (tertiary/aromatic N) is 3. The molecule has 0 unspecified atom stereocenters. The van der Waals surface area contributed by atoms with E-state index >= 15 is 0 Å². The third-order valence-corrected chi connectivity index (χ3v) is 5.87. The van der Waals surface area contributed by atoms with Crippen LogP contribution in [0.2, 0.25) is 0 Å². The Bertz CT molecular complexity index is 1350. The number of halogens is 1. The summed E-state index contributed by atoms with van der Waals surface area (Å²) in [6.45, 7) is 3.24. The standard InChI is InChI=1S/C23H22FN5O4S.Na/c1-4-12-33-18-10-8-16(9-11-18)26-22-19(24)14-25-23(28-22)27-17-7-6-15(3)20(13-17)34(31,32)29-21(30)5-2;/h1,6-11,13-14H,5,12H2,2-3H3,(H3,25,26,27,28,29,30);/q;+1/p-1. The van der Waals surface area contributed by atoms with Crippen LogP contribution in [0.25, 0.3) is 4.72 Å². The molecular formula is C23H21FN5NaO4S. The van der Waals surface area contributed by atoms with Crippen molar-refractivity contribution in [3.63, 3.8) is 0 Å². The normalized spacial score (nSPS) is 10.5. The maximum absolute atomic E-state index is 14.3. The zero-order valence-corrected chi connectivity index (χ0v) is 22.2. The van der Waals surface area contributed by atoms with Crippen LogP contribution in [0, 0.1) is 25.1 Å². The van der Waals surface area contributed by atoms with E-state index in [1.54, 1.807) is 43.3 Å². The van der Waals surface area contributed by atoms with Crippen LogP contribution in [-0.2, 0) is 14.8 Å². The number of aromatic nitrogens is 2. The summed E-state index contributed by atoms with van der Waals surface area (Å²) < 4.78 is 47.9. The van der Waals surface area contributed by atoms with Gasteiger partial charge in [-0.25, -0.2) is 17.8 Å². The minimum Gasteiger partial charge on any atom is -0.542 e. The van der Waals surface area contributed by atoms with E-state index in [-0.39, 0.29) is 59.2 Å². The Labute approximate surface area is 225 Å². The van der Waals surface area contributed by atoms with Gasteiger partial charge in [0.1, 0.15) is 22.4 Å². The SMILES string of the molecule is C#CCOc1ccc(Nc2nc(Nc3ccc(C)c(S(=O)(=O)[N-]C(=O)CC)c3)ncc2F)cc1.[Na+]. The number of carbonyl (C=O) groups excluding carboxylic acids is 1. The van der Waals surface area contributed by atoms with Crippen molar-refractivity contribution in [1.82, 2.24) is 9.97 Å². The second-order valence-electron chi connectivity index (χ2n) is 6.95. The number of carbonyl (C=O) groups is 1. The molecule has 2 N–H and O–H groups in total. The Morgan fingerprint density at radius 2 is 1.86 bits per heavy atom. The van der Waals surface area contributed by atoms with Gasteiger partial charge in [-0.1, -0.05) is 18.9 Å². The summed E-state index contributed by atoms with van der Waals surface area (Å²) in [6.07, 6.45) is 6.10. The number of nitrogens with one attached hydrogen (secondary N) is 2. The predicted octanol–water partition coefficient (Wildman–Crippen LogP) is 1.43. The largest absolute Gasteiger partial charge is 1.00 e. The van der Waals surface area contributed by atoms with Crippen LogP contribution in [0.4, 0.5) is 27.5 Å². The quantitative estimate of drug-likeness (QED) is 0.331. The molecule has 1 aromatic heterocycles. The molecule has 9 nitrogen and oxygen atoms in total. The monoisotopic (exact) mass is 505 g/mol. The first kappa shape index (κ1) is 28.1. The second-order valence-corrected chi connectivity index (χ2v) is 8.52. The molecule has 3 rings (SSSR count). The van der Waals surface area contributed by atoms with Crippen molar-refractivity contribution in [3.05, 3.63) is 64.8 Å². The molecule has 2 aromatic carbocycles. The van der Waals surface area contributed by atoms with E-state index in [9.17, 15) is 17.6 Å². The summed E-state index contributed by atoms with van der Waals surface area (Å²) in [5.41, 5.74) is 1.27. The van der Waals surface area contributed by atoms with Crippen molar-refractivity contribution < 1.29 is 51.9 Å². The first-order valence-electron chi connectivity index (χ1n) is 10.1. The summed E-state index contributed by atoms with van der Waals surface area (Å²) in [4.78, 5) is 19.4. The van der Waals surface area contributed by atoms with E-state index < -0.39 is 21.7 Å². The van der Waals surface area contributed by atoms with E-state index in [0.29, 0.717) is 22.7 Å². The van der Waals surface area contributed by atoms with Gasteiger partial charge in [-0.3, -0.25) is 0 Å². The van der Waals surface area contributed by atoms with E-state index in [2.05, 4.69) is 31.2 Å². The fourth-order valence-electron chi connectivity index (χ4n) is 2.74. The molecule has 35 heavy (non-hydrogen) atoms. The summed E-state index contributed by atoms with van der Waals surface area (Å²) in [5, 5.41) is 5.68. The molecule has 0 aliphatic carbocycles. The molecule has 0 radical (unpaired) electrons. The van der Waals surface area contributed by atoms with Crippen LogP contribution in [0.5, 0.6) is 5.75 Å². The van der Waals surface area contributed by atoms with E-state index in [1.165, 1.54) is 13.0 Å². The smallest absolute Gasteiger partial charge is 0.542 e. The fraction of sp³-hybridized carbons (Fsp3) is 0.174. The van der Waals surface area contributed by atoms with Crippen molar-refractivity contribution in [1.29, 1.82) is 0 Å². The van der Waals surface area contributed by atoms with Gasteiger partial charge in [0.05, 0.1) is 17.0 Å². The number of hydrogen-bond acceptors (Lipinski definition) is 8. The Hall–Kier alpha value is -3.17. The molecule has 0 atom stereocenters. The van der Waals surface area contributed by atoms with Crippen molar-refractivity contribution in [2.45, 2.75) is 25.2 Å². The van der Waals surface area contributed by atoms with Crippen molar-refractivity contribution in [2.24, 2.45) is 0 Å². The molecule has 0 aliphatic rings. The van der Waals surface area contributed by atoms with Crippen molar-refractivity contribution in [3.8, 4) is 18.1 Å². The van der Waals surface area contributed by atoms with E-state index in [4.69, 9.17) is 11.2 Å². The molecule has 0 bridgehead atoms. The van der Waals surface area contributed by atoms with Gasteiger partial charge in [-0.05, 0) is 55.3 Å². The summed E-state index contributed by atoms with van der Waals surface area (Å²) >= 11 is 0. The molecule has 12 heteroatoms. The molecule has 0 fully saturated rings. The molecule has 176 valence electrons. The molecule has 0 saturated carbocycles. The van der Waals surface area contributed by atoms with Crippen LogP contribution < -0.4 is 44.9 Å². The molecule has 1 heterocycles. The zero-order chi connectivity index (χ0) is 24.7. The first-order chi connectivity index (χ1) is 16.2. The topological polar surface area (TPSA) is 124 Å². The number of hydrogen-bond donors (Lipinski definition) is 2. The molecule has 0 spiro atoms. The van der Waals surface area contributed by atoms with Crippen molar-refractivity contribution in [2.75, 3.05) is 17.2 Å². The van der Waals surface area contributed by atoms with Gasteiger partial charge in [-0.2, -0.15) is 4.98 Å². The third kappa shape index (κ3) is 7.66. The zero-order valence-electron chi connectivity index (χ0n) is 19.4. The first-order valence-corrected chi connectivity index (χ1v) is 11.5. The van der Waals surface area contributed by atoms with Gasteiger partial charge in [0.2, 0.25) is 5.95 Å². The Morgan fingerprint density at radius 3 is 2.51 bits per heavy atom. The molecule has 0 aliphatic heterocycles. The number of aryl methyl sites for hydroxylation is 1. The van der Waals surface area contributed by atoms with Crippen molar-refractivity contribution >= 4 is 39.1 Å². The van der Waals surface area contributed by atoms with Crippen LogP contribution >= 0.6 is 0 Å². The predicted molar refractivity (Wildman–Crippen MR) is 126 cm³/mol. The van der Waals surface area contributed by atoms with Gasteiger partial charge in [0.15, 0.2) is 11.6 Å². The summed E-state index contributed by atoms with van der Waals surface area (Å²) in [5.74, 6) is 1.41. The Balaban J connectivity index is 0.00000432. The maximum atomic E-state index is 14.3. The number of benzene rings is 2. The molecule has 0 saturated heterocycles. The van der Waals surface area contributed by atoms with E-state index in [1.807, 2.05) is 0 Å². The average Bonchev–Trinajstić information content (AvgIpc) is 2.81. The summed E-state index contributed by atoms with van der Waals surface area (Å²) in [7, 11) is -4.18.